The number of nitrogens with zero attached hydrogens (tertiary/aromatic N) is 3. The lowest BCUT2D eigenvalue weighted by atomic mass is 9.95. The molecule has 2 N–H and O–H groups in total. The van der Waals surface area contributed by atoms with Gasteiger partial charge in [-0.1, -0.05) is 25.5 Å². The Morgan fingerprint density at radius 2 is 1.58 bits per heavy atom. The van der Waals surface area contributed by atoms with Crippen molar-refractivity contribution in [2.24, 2.45) is 4.99 Å². The highest BCUT2D eigenvalue weighted by molar-refractivity contribution is 8.02. The lowest BCUT2D eigenvalue weighted by Crippen LogP contribution is -2.71. The fourth-order valence-corrected chi connectivity index (χ4v) is 9.92. The number of β-lactam (4-membered cyclic amide) rings is 2. The molecule has 0 saturated carbocycles. The Hall–Kier alpha value is -4.32. The Morgan fingerprint density at radius 1 is 0.962 bits per heavy atom. The van der Waals surface area contributed by atoms with Gasteiger partial charge in [0.15, 0.2) is 6.04 Å². The molecular weight excluding hydrogens is 731 g/mol. The van der Waals surface area contributed by atoms with Crippen LogP contribution in [0.3, 0.4) is 0 Å². The molecule has 0 spiro atoms. The maximum absolute atomic E-state index is 13.8. The van der Waals surface area contributed by atoms with Gasteiger partial charge in [0.25, 0.3) is 0 Å². The Balaban J connectivity index is 1.22. The lowest BCUT2D eigenvalue weighted by molar-refractivity contribution is -0.181. The fourth-order valence-electron chi connectivity index (χ4n) is 6.68. The van der Waals surface area contributed by atoms with Crippen molar-refractivity contribution in [3.8, 4) is 5.75 Å². The van der Waals surface area contributed by atoms with Crippen molar-refractivity contribution in [2.75, 3.05) is 20.4 Å². The Morgan fingerprint density at radius 3 is 2.19 bits per heavy atom. The van der Waals surface area contributed by atoms with Gasteiger partial charge >= 0.3 is 24.0 Å². The van der Waals surface area contributed by atoms with Crippen LogP contribution in [0.4, 0.5) is 4.79 Å². The van der Waals surface area contributed by atoms with E-state index in [1.165, 1.54) is 52.6 Å². The van der Waals surface area contributed by atoms with Gasteiger partial charge in [-0.2, -0.15) is 0 Å². The Labute approximate surface area is 315 Å². The quantitative estimate of drug-likeness (QED) is 0.0921. The number of fused-ring (bicyclic) bond motifs is 2. The van der Waals surface area contributed by atoms with E-state index in [0.717, 1.165) is 12.8 Å². The summed E-state index contributed by atoms with van der Waals surface area (Å²) in [5, 5.41) is 4.72. The van der Waals surface area contributed by atoms with Crippen LogP contribution in [0.25, 0.3) is 0 Å². The third-order valence-corrected chi connectivity index (χ3v) is 12.4. The van der Waals surface area contributed by atoms with Crippen molar-refractivity contribution >= 4 is 71.0 Å². The molecule has 0 aromatic heterocycles. The van der Waals surface area contributed by atoms with Crippen LogP contribution < -0.4 is 15.4 Å². The number of rotatable bonds is 14. The third-order valence-electron chi connectivity index (χ3n) is 9.34. The van der Waals surface area contributed by atoms with E-state index in [4.69, 9.17) is 18.9 Å². The average Bonchev–Trinajstić information content (AvgIpc) is 3.48. The van der Waals surface area contributed by atoms with E-state index in [1.54, 1.807) is 32.9 Å². The molecule has 6 atom stereocenters. The topological polar surface area (TPSA) is 199 Å². The van der Waals surface area contributed by atoms with Crippen LogP contribution in [0.5, 0.6) is 5.75 Å². The van der Waals surface area contributed by atoms with Gasteiger partial charge in [-0.25, -0.2) is 14.4 Å². The highest BCUT2D eigenvalue weighted by atomic mass is 32.2. The van der Waals surface area contributed by atoms with E-state index in [2.05, 4.69) is 15.6 Å². The van der Waals surface area contributed by atoms with Crippen molar-refractivity contribution in [2.45, 2.75) is 112 Å². The number of ether oxygens (including phenoxy) is 4. The van der Waals surface area contributed by atoms with Crippen LogP contribution in [-0.2, 0) is 43.0 Å². The first-order valence-corrected chi connectivity index (χ1v) is 19.0. The van der Waals surface area contributed by atoms with Gasteiger partial charge in [-0.05, 0) is 58.7 Å². The summed E-state index contributed by atoms with van der Waals surface area (Å²) in [6, 6.07) is 2.09. The molecule has 4 amide bonds. The Kier molecular flexibility index (Phi) is 12.0. The van der Waals surface area contributed by atoms with Crippen molar-refractivity contribution in [3.05, 3.63) is 29.8 Å². The number of thioether (sulfide) groups is 2. The first kappa shape index (κ1) is 39.9. The Bertz CT molecular complexity index is 1680. The second-order valence-electron chi connectivity index (χ2n) is 14.1. The molecule has 0 bridgehead atoms. The molecule has 288 valence electrons. The summed E-state index contributed by atoms with van der Waals surface area (Å²) in [5.41, 5.74) is 0.707. The van der Waals surface area contributed by atoms with Crippen molar-refractivity contribution in [1.82, 2.24) is 20.4 Å². The maximum atomic E-state index is 13.8. The predicted molar refractivity (Wildman–Crippen MR) is 194 cm³/mol. The zero-order chi connectivity index (χ0) is 38.8. The lowest BCUT2D eigenvalue weighted by Gasteiger charge is -2.44. The monoisotopic (exact) mass is 775 g/mol. The molecule has 4 fully saturated rings. The average molecular weight is 776 g/mol. The summed E-state index contributed by atoms with van der Waals surface area (Å²) in [7, 11) is 1.24. The largest absolute Gasteiger partial charge is 0.469 e. The molecule has 18 heteroatoms. The molecule has 5 rings (SSSR count). The number of aliphatic imine (C=N–C) groups is 1. The molecule has 0 aliphatic carbocycles. The van der Waals surface area contributed by atoms with Gasteiger partial charge in [-0.15, -0.1) is 23.5 Å². The smallest absolute Gasteiger partial charge is 0.412 e. The van der Waals surface area contributed by atoms with Gasteiger partial charge in [0.1, 0.15) is 29.2 Å². The van der Waals surface area contributed by atoms with E-state index >= 15 is 0 Å². The summed E-state index contributed by atoms with van der Waals surface area (Å²) >= 11 is 2.82. The second kappa shape index (κ2) is 16.0. The number of nitrogens with one attached hydrogen (secondary N) is 2. The van der Waals surface area contributed by atoms with Crippen LogP contribution in [0.15, 0.2) is 29.3 Å². The molecule has 1 aromatic rings. The fraction of sp³-hybridized carbons (Fsp3) is 0.600. The first-order valence-electron chi connectivity index (χ1n) is 17.3. The van der Waals surface area contributed by atoms with E-state index in [-0.39, 0.29) is 23.5 Å². The molecule has 53 heavy (non-hydrogen) atoms. The number of unbranched alkanes of at least 4 members (excludes halogenated alkanes) is 1. The predicted octanol–water partition coefficient (Wildman–Crippen LogP) is 2.68. The standard InChI is InChI=1S/C35H45N5O11S2/c1-8-9-14-36-33(47)51-20-12-10-19(11-13-20)24(37-18(2)15-23(42)48-7)28(43)38-25-29(44)40-27(35(5,6)53-30(25)40)32(46)50-17-49-31(45)26-34(3,4)52-22-16-21(41)39(22)26/h10-13,22,24-27,30H,8-9,14-17H2,1-7H3,(H,36,47)(H,38,43)/t22-,24?,25-,26+,27+,30-/m1/s1. The van der Waals surface area contributed by atoms with Gasteiger partial charge in [-0.3, -0.25) is 24.2 Å². The summed E-state index contributed by atoms with van der Waals surface area (Å²) in [6.45, 7) is 10.6. The maximum Gasteiger partial charge on any atom is 0.412 e. The third kappa shape index (κ3) is 8.42. The number of hydrogen-bond acceptors (Lipinski definition) is 14. The molecule has 0 radical (unpaired) electrons. The molecule has 16 nitrogen and oxygen atoms in total. The number of benzene rings is 1. The summed E-state index contributed by atoms with van der Waals surface area (Å²) in [6.07, 6.45) is 1.28. The van der Waals surface area contributed by atoms with Crippen molar-refractivity contribution < 1.29 is 52.5 Å². The van der Waals surface area contributed by atoms with Crippen LogP contribution in [0, 0.1) is 0 Å². The first-order chi connectivity index (χ1) is 25.0. The number of carbonyl (C=O) groups excluding carboxylic acids is 7. The zero-order valence-electron chi connectivity index (χ0n) is 30.7. The number of amides is 4. The summed E-state index contributed by atoms with van der Waals surface area (Å²) < 4.78 is 19.3. The van der Waals surface area contributed by atoms with Crippen molar-refractivity contribution in [1.29, 1.82) is 0 Å². The molecule has 4 aliphatic rings. The highest BCUT2D eigenvalue weighted by Crippen LogP contribution is 2.52. The number of hydrogen-bond donors (Lipinski definition) is 2. The minimum Gasteiger partial charge on any atom is -0.469 e. The number of carbonyl (C=O) groups is 7. The van der Waals surface area contributed by atoms with E-state index < -0.39 is 81.6 Å². The van der Waals surface area contributed by atoms with Crippen molar-refractivity contribution in [3.63, 3.8) is 0 Å². The van der Waals surface area contributed by atoms with Crippen LogP contribution >= 0.6 is 23.5 Å². The van der Waals surface area contributed by atoms with Gasteiger partial charge in [0, 0.05) is 21.8 Å². The number of methoxy groups -OCH3 is 1. The molecule has 4 saturated heterocycles. The highest BCUT2D eigenvalue weighted by Gasteiger charge is 2.65. The molecule has 4 aliphatic heterocycles. The van der Waals surface area contributed by atoms with Gasteiger partial charge < -0.3 is 39.4 Å². The van der Waals surface area contributed by atoms with Crippen LogP contribution in [-0.4, -0.2) is 116 Å². The van der Waals surface area contributed by atoms with E-state index in [0.29, 0.717) is 24.2 Å². The minimum atomic E-state index is -1.19. The molecule has 1 unspecified atom stereocenters. The van der Waals surface area contributed by atoms with E-state index in [9.17, 15) is 33.6 Å². The SMILES string of the molecule is CCCCNC(=O)Oc1ccc(C(N=C(C)CC(=O)OC)C(=O)N[C@@H]2C(=O)N3[C@@H]2SC(C)(C)[C@@H]3C(=O)OCOC(=O)[C@@H]2N3C(=O)C[C@H]3SC2(C)C)cc1. The van der Waals surface area contributed by atoms with Gasteiger partial charge in [0.05, 0.1) is 25.3 Å². The summed E-state index contributed by atoms with van der Waals surface area (Å²) in [5.74, 6) is -3.06. The molecule has 1 aromatic carbocycles. The van der Waals surface area contributed by atoms with Gasteiger partial charge in [0.2, 0.25) is 24.5 Å². The van der Waals surface area contributed by atoms with Crippen LogP contribution in [0.2, 0.25) is 0 Å². The molecular formula is C35H45N5O11S2. The minimum absolute atomic E-state index is 0.0857. The van der Waals surface area contributed by atoms with Crippen LogP contribution in [0.1, 0.15) is 78.8 Å². The normalized spacial score (nSPS) is 25.6. The number of esters is 3. The summed E-state index contributed by atoms with van der Waals surface area (Å²) in [4.78, 5) is 97.2. The molecule has 4 heterocycles. The van der Waals surface area contributed by atoms with E-state index in [1.807, 2.05) is 20.8 Å². The second-order valence-corrected chi connectivity index (χ2v) is 17.7. The zero-order valence-corrected chi connectivity index (χ0v) is 32.3.